The smallest absolute Gasteiger partial charge is 0.331 e. The van der Waals surface area contributed by atoms with Gasteiger partial charge in [0.1, 0.15) is 0 Å². The molecule has 5 heteroatoms. The van der Waals surface area contributed by atoms with Gasteiger partial charge in [0.05, 0.1) is 13.2 Å². The van der Waals surface area contributed by atoms with Gasteiger partial charge in [0, 0.05) is 23.4 Å². The van der Waals surface area contributed by atoms with Crippen LogP contribution in [0.5, 0.6) is 0 Å². The van der Waals surface area contributed by atoms with Gasteiger partial charge in [0.2, 0.25) is 0 Å². The van der Waals surface area contributed by atoms with Crippen LogP contribution in [0.25, 0.3) is 0 Å². The maximum Gasteiger partial charge on any atom is 0.331 e. The monoisotopic (exact) mass is 316 g/mol. The van der Waals surface area contributed by atoms with Gasteiger partial charge in [-0.15, -0.1) is 11.6 Å². The number of hydrogen-bond acceptors (Lipinski definition) is 4. The number of rotatable bonds is 8. The van der Waals surface area contributed by atoms with E-state index in [9.17, 15) is 9.59 Å². The number of carbonyl (C=O) groups is 2. The number of hydrogen-bond donors (Lipinski definition) is 0. The molecule has 1 saturated carbocycles. The Hall–Kier alpha value is -1.03. The second-order valence-electron chi connectivity index (χ2n) is 5.40. The molecule has 0 aromatic rings. The minimum atomic E-state index is -0.519. The summed E-state index contributed by atoms with van der Waals surface area (Å²) in [6, 6.07) is 0. The molecular formula is C16H25ClO4. The summed E-state index contributed by atoms with van der Waals surface area (Å²) in [6.07, 6.45) is 9.42. The third kappa shape index (κ3) is 8.10. The van der Waals surface area contributed by atoms with E-state index < -0.39 is 11.9 Å². The third-order valence-corrected chi connectivity index (χ3v) is 4.18. The molecule has 1 rings (SSSR count). The fourth-order valence-corrected chi connectivity index (χ4v) is 2.65. The highest BCUT2D eigenvalue weighted by Crippen LogP contribution is 2.28. The number of unbranched alkanes of at least 4 members (excludes halogenated alkanes) is 2. The SMILES string of the molecule is CCCCCOC(=O)/C=C/C(=O)OCC1CCCCC1Cl. The Morgan fingerprint density at radius 3 is 2.43 bits per heavy atom. The van der Waals surface area contributed by atoms with Crippen LogP contribution in [-0.4, -0.2) is 30.5 Å². The molecule has 1 fully saturated rings. The lowest BCUT2D eigenvalue weighted by Gasteiger charge is -2.26. The molecule has 0 bridgehead atoms. The van der Waals surface area contributed by atoms with Crippen molar-refractivity contribution in [1.29, 1.82) is 0 Å². The molecule has 1 aliphatic carbocycles. The van der Waals surface area contributed by atoms with Gasteiger partial charge in [0.15, 0.2) is 0 Å². The lowest BCUT2D eigenvalue weighted by molar-refractivity contribution is -0.141. The molecule has 0 radical (unpaired) electrons. The second kappa shape index (κ2) is 10.7. The normalized spacial score (nSPS) is 22.2. The van der Waals surface area contributed by atoms with E-state index in [4.69, 9.17) is 21.1 Å². The van der Waals surface area contributed by atoms with Crippen molar-refractivity contribution in [3.8, 4) is 0 Å². The molecule has 120 valence electrons. The Labute approximate surface area is 131 Å². The van der Waals surface area contributed by atoms with E-state index in [1.54, 1.807) is 0 Å². The minimum Gasteiger partial charge on any atom is -0.463 e. The van der Waals surface area contributed by atoms with E-state index in [0.717, 1.165) is 57.1 Å². The molecule has 21 heavy (non-hydrogen) atoms. The third-order valence-electron chi connectivity index (χ3n) is 3.60. The van der Waals surface area contributed by atoms with Crippen molar-refractivity contribution >= 4 is 23.5 Å². The summed E-state index contributed by atoms with van der Waals surface area (Å²) in [7, 11) is 0. The molecule has 2 atom stereocenters. The highest BCUT2D eigenvalue weighted by molar-refractivity contribution is 6.20. The molecule has 0 heterocycles. The number of ether oxygens (including phenoxy) is 2. The van der Waals surface area contributed by atoms with Gasteiger partial charge in [-0.25, -0.2) is 9.59 Å². The van der Waals surface area contributed by atoms with Crippen LogP contribution < -0.4 is 0 Å². The van der Waals surface area contributed by atoms with E-state index in [2.05, 4.69) is 6.92 Å². The fraction of sp³-hybridized carbons (Fsp3) is 0.750. The molecule has 0 aromatic carbocycles. The van der Waals surface area contributed by atoms with Crippen molar-refractivity contribution in [2.45, 2.75) is 57.2 Å². The summed E-state index contributed by atoms with van der Waals surface area (Å²) in [4.78, 5) is 22.8. The van der Waals surface area contributed by atoms with Gasteiger partial charge >= 0.3 is 11.9 Å². The summed E-state index contributed by atoms with van der Waals surface area (Å²) in [6.45, 7) is 2.79. The molecule has 1 aliphatic rings. The highest BCUT2D eigenvalue weighted by atomic mass is 35.5. The number of carbonyl (C=O) groups excluding carboxylic acids is 2. The average molecular weight is 317 g/mol. The molecule has 0 N–H and O–H groups in total. The standard InChI is InChI=1S/C16H25ClO4/c1-2-3-6-11-20-15(18)9-10-16(19)21-12-13-7-4-5-8-14(13)17/h9-10,13-14H,2-8,11-12H2,1H3/b10-9+. The van der Waals surface area contributed by atoms with Crippen LogP contribution in [0.2, 0.25) is 0 Å². The molecule has 4 nitrogen and oxygen atoms in total. The van der Waals surface area contributed by atoms with E-state index in [0.29, 0.717) is 13.2 Å². The summed E-state index contributed by atoms with van der Waals surface area (Å²) < 4.78 is 10.1. The van der Waals surface area contributed by atoms with Crippen LogP contribution in [0, 0.1) is 5.92 Å². The maximum atomic E-state index is 11.5. The Morgan fingerprint density at radius 1 is 1.10 bits per heavy atom. The largest absolute Gasteiger partial charge is 0.463 e. The molecule has 0 amide bonds. The summed E-state index contributed by atoms with van der Waals surface area (Å²) in [5, 5.41) is 0.0825. The zero-order valence-corrected chi connectivity index (χ0v) is 13.4. The van der Waals surface area contributed by atoms with Crippen LogP contribution in [0.15, 0.2) is 12.2 Å². The van der Waals surface area contributed by atoms with Crippen LogP contribution in [0.3, 0.4) is 0 Å². The van der Waals surface area contributed by atoms with Gasteiger partial charge in [0.25, 0.3) is 0 Å². The van der Waals surface area contributed by atoms with Gasteiger partial charge in [-0.2, -0.15) is 0 Å². The summed E-state index contributed by atoms with van der Waals surface area (Å²) in [5.74, 6) is -0.801. The van der Waals surface area contributed by atoms with Gasteiger partial charge in [-0.3, -0.25) is 0 Å². The Balaban J connectivity index is 2.17. The minimum absolute atomic E-state index is 0.0825. The second-order valence-corrected chi connectivity index (χ2v) is 5.96. The Kier molecular flexibility index (Phi) is 9.15. The fourth-order valence-electron chi connectivity index (χ4n) is 2.30. The first kappa shape index (κ1) is 18.0. The van der Waals surface area contributed by atoms with Crippen molar-refractivity contribution < 1.29 is 19.1 Å². The Bertz CT molecular complexity index is 354. The zero-order valence-electron chi connectivity index (χ0n) is 12.7. The van der Waals surface area contributed by atoms with Crippen molar-refractivity contribution in [2.75, 3.05) is 13.2 Å². The van der Waals surface area contributed by atoms with Crippen LogP contribution in [0.1, 0.15) is 51.9 Å². The van der Waals surface area contributed by atoms with Crippen molar-refractivity contribution in [2.24, 2.45) is 5.92 Å². The molecule has 2 unspecified atom stereocenters. The van der Waals surface area contributed by atoms with Crippen LogP contribution >= 0.6 is 11.6 Å². The lowest BCUT2D eigenvalue weighted by Crippen LogP contribution is -2.25. The van der Waals surface area contributed by atoms with E-state index in [1.807, 2.05) is 0 Å². The van der Waals surface area contributed by atoms with Crippen molar-refractivity contribution in [3.63, 3.8) is 0 Å². The molecule has 0 aromatic heterocycles. The van der Waals surface area contributed by atoms with Crippen LogP contribution in [-0.2, 0) is 19.1 Å². The predicted octanol–water partition coefficient (Wildman–Crippen LogP) is 3.62. The zero-order chi connectivity index (χ0) is 15.5. The molecular weight excluding hydrogens is 292 g/mol. The van der Waals surface area contributed by atoms with Gasteiger partial charge in [-0.1, -0.05) is 32.6 Å². The number of halogens is 1. The molecule has 0 spiro atoms. The first-order valence-corrected chi connectivity index (χ1v) is 8.22. The molecule has 0 aliphatic heterocycles. The number of alkyl halides is 1. The maximum absolute atomic E-state index is 11.5. The average Bonchev–Trinajstić information content (AvgIpc) is 2.48. The number of esters is 2. The Morgan fingerprint density at radius 2 is 1.76 bits per heavy atom. The molecule has 0 saturated heterocycles. The van der Waals surface area contributed by atoms with Gasteiger partial charge in [-0.05, 0) is 19.3 Å². The van der Waals surface area contributed by atoms with E-state index in [1.165, 1.54) is 0 Å². The highest BCUT2D eigenvalue weighted by Gasteiger charge is 2.24. The van der Waals surface area contributed by atoms with Crippen molar-refractivity contribution in [3.05, 3.63) is 12.2 Å². The first-order chi connectivity index (χ1) is 10.1. The quantitative estimate of drug-likeness (QED) is 0.297. The summed E-state index contributed by atoms with van der Waals surface area (Å²) >= 11 is 6.19. The summed E-state index contributed by atoms with van der Waals surface area (Å²) in [5.41, 5.74) is 0. The van der Waals surface area contributed by atoms with Gasteiger partial charge < -0.3 is 9.47 Å². The lowest BCUT2D eigenvalue weighted by atomic mass is 9.89. The first-order valence-electron chi connectivity index (χ1n) is 7.79. The van der Waals surface area contributed by atoms with E-state index in [-0.39, 0.29) is 11.3 Å². The van der Waals surface area contributed by atoms with Crippen molar-refractivity contribution in [1.82, 2.24) is 0 Å². The predicted molar refractivity (Wildman–Crippen MR) is 82.2 cm³/mol. The van der Waals surface area contributed by atoms with Crippen LogP contribution in [0.4, 0.5) is 0 Å². The topological polar surface area (TPSA) is 52.6 Å². The van der Waals surface area contributed by atoms with E-state index >= 15 is 0 Å².